The molecule has 216 valence electrons. The van der Waals surface area contributed by atoms with E-state index in [0.717, 1.165) is 23.4 Å². The Hall–Kier alpha value is -2.50. The normalized spacial score (nSPS) is 26.9. The van der Waals surface area contributed by atoms with Crippen LogP contribution in [0.1, 0.15) is 58.4 Å². The van der Waals surface area contributed by atoms with Gasteiger partial charge >= 0.3 is 0 Å². The summed E-state index contributed by atoms with van der Waals surface area (Å²) < 4.78 is 31.6. The van der Waals surface area contributed by atoms with Crippen molar-refractivity contribution < 1.29 is 8.42 Å². The second kappa shape index (κ2) is 11.0. The number of hydrogen-bond acceptors (Lipinski definition) is 2. The monoisotopic (exact) mass is 583 g/mol. The largest absolute Gasteiger partial charge is 0.281 e. The minimum absolute atomic E-state index is 0.0174. The predicted molar refractivity (Wildman–Crippen MR) is 173 cm³/mol. The Balaban J connectivity index is 1.48. The van der Waals surface area contributed by atoms with E-state index in [0.29, 0.717) is 17.8 Å². The first kappa shape index (κ1) is 28.6. The fraction of sp³-hybridized carbons (Fsp3) is 0.472. The van der Waals surface area contributed by atoms with Crippen molar-refractivity contribution in [3.63, 3.8) is 0 Å². The summed E-state index contributed by atoms with van der Waals surface area (Å²) in [5, 5.41) is 2.88. The third kappa shape index (κ3) is 5.40. The molecule has 0 aliphatic heterocycles. The number of hydrogen-bond donors (Lipinski definition) is 0. The highest BCUT2D eigenvalue weighted by Crippen LogP contribution is 2.59. The van der Waals surface area contributed by atoms with Crippen molar-refractivity contribution in [3.8, 4) is 0 Å². The lowest BCUT2D eigenvalue weighted by Crippen LogP contribution is -2.65. The van der Waals surface area contributed by atoms with Gasteiger partial charge < -0.3 is 0 Å². The molecule has 4 aliphatic carbocycles. The van der Waals surface area contributed by atoms with Crippen molar-refractivity contribution in [2.75, 3.05) is 0 Å². The number of aryl methyl sites for hydroxylation is 1. The van der Waals surface area contributed by atoms with Crippen LogP contribution in [0.3, 0.4) is 0 Å². The van der Waals surface area contributed by atoms with Crippen molar-refractivity contribution in [1.29, 1.82) is 0 Å². The number of sulfonamides is 1. The summed E-state index contributed by atoms with van der Waals surface area (Å²) in [5.41, 5.74) is 1.05. The molecule has 0 N–H and O–H groups in total. The highest BCUT2D eigenvalue weighted by Gasteiger charge is 2.54. The lowest BCUT2D eigenvalue weighted by Gasteiger charge is -2.57. The first-order chi connectivity index (χ1) is 19.6. The summed E-state index contributed by atoms with van der Waals surface area (Å²) >= 11 is 0. The Morgan fingerprint density at radius 1 is 0.780 bits per heavy atom. The Kier molecular flexibility index (Phi) is 7.65. The van der Waals surface area contributed by atoms with Crippen molar-refractivity contribution in [2.24, 2.45) is 39.9 Å². The lowest BCUT2D eigenvalue weighted by atomic mass is 9.50. The molecule has 0 aromatic heterocycles. The molecule has 0 spiro atoms. The second-order valence-corrected chi connectivity index (χ2v) is 20.8. The summed E-state index contributed by atoms with van der Waals surface area (Å²) in [6.45, 7) is 9.21. The van der Waals surface area contributed by atoms with Gasteiger partial charge in [0.05, 0.1) is 4.90 Å². The predicted octanol–water partition coefficient (Wildman–Crippen LogP) is 7.51. The van der Waals surface area contributed by atoms with Crippen LogP contribution in [0.15, 0.2) is 94.2 Å². The van der Waals surface area contributed by atoms with Crippen LogP contribution in [-0.2, 0) is 10.0 Å². The topological polar surface area (TPSA) is 46.5 Å². The molecule has 0 heterocycles. The first-order valence-electron chi connectivity index (χ1n) is 15.5. The van der Waals surface area contributed by atoms with Crippen molar-refractivity contribution in [3.05, 3.63) is 90.5 Å². The van der Waals surface area contributed by atoms with Crippen LogP contribution in [0.5, 0.6) is 0 Å². The molecule has 7 rings (SSSR count). The van der Waals surface area contributed by atoms with Gasteiger partial charge in [0.2, 0.25) is 0 Å². The zero-order chi connectivity index (χ0) is 28.8. The van der Waals surface area contributed by atoms with E-state index in [2.05, 4.69) is 85.8 Å². The SMILES string of the molecule is Cc1ccc(S(=O)(=O)/N=C/C(C[Si](c2ccccc2)(c2ccccc2)C(C)(C)C)C2C3CC4CC(C3)CC2C4)cc1. The van der Waals surface area contributed by atoms with Gasteiger partial charge in [-0.3, -0.25) is 0 Å². The van der Waals surface area contributed by atoms with Crippen LogP contribution in [0.4, 0.5) is 0 Å². The van der Waals surface area contributed by atoms with Gasteiger partial charge in [0, 0.05) is 6.21 Å². The Morgan fingerprint density at radius 2 is 1.27 bits per heavy atom. The van der Waals surface area contributed by atoms with E-state index in [4.69, 9.17) is 0 Å². The number of nitrogens with zero attached hydrogens (tertiary/aromatic N) is 1. The molecule has 1 unspecified atom stereocenters. The van der Waals surface area contributed by atoms with Gasteiger partial charge in [-0.2, -0.15) is 12.8 Å². The van der Waals surface area contributed by atoms with Crippen LogP contribution in [0.25, 0.3) is 0 Å². The molecule has 5 heteroatoms. The highest BCUT2D eigenvalue weighted by atomic mass is 32.2. The molecule has 0 radical (unpaired) electrons. The molecule has 0 amide bonds. The van der Waals surface area contributed by atoms with E-state index in [-0.39, 0.29) is 15.9 Å². The molecule has 0 saturated heterocycles. The Labute approximate surface area is 248 Å². The van der Waals surface area contributed by atoms with Crippen molar-refractivity contribution >= 4 is 34.7 Å². The molecule has 3 aromatic carbocycles. The van der Waals surface area contributed by atoms with Gasteiger partial charge in [0.1, 0.15) is 8.07 Å². The maximum atomic E-state index is 13.6. The fourth-order valence-corrected chi connectivity index (χ4v) is 15.9. The lowest BCUT2D eigenvalue weighted by molar-refractivity contribution is -0.0471. The van der Waals surface area contributed by atoms with E-state index in [9.17, 15) is 8.42 Å². The summed E-state index contributed by atoms with van der Waals surface area (Å²) in [7, 11) is -6.19. The highest BCUT2D eigenvalue weighted by molar-refractivity contribution is 7.90. The van der Waals surface area contributed by atoms with Gasteiger partial charge in [-0.05, 0) is 97.8 Å². The van der Waals surface area contributed by atoms with Crippen LogP contribution in [0.2, 0.25) is 11.1 Å². The molecular weight excluding hydrogens is 539 g/mol. The molecule has 4 bridgehead atoms. The average Bonchev–Trinajstić information content (AvgIpc) is 2.94. The minimum Gasteiger partial charge on any atom is -0.199 e. The molecule has 1 atom stereocenters. The van der Waals surface area contributed by atoms with Crippen LogP contribution in [0, 0.1) is 42.4 Å². The number of benzene rings is 3. The maximum absolute atomic E-state index is 13.6. The smallest absolute Gasteiger partial charge is 0.199 e. The zero-order valence-electron chi connectivity index (χ0n) is 25.0. The van der Waals surface area contributed by atoms with Gasteiger partial charge in [-0.15, -0.1) is 0 Å². The second-order valence-electron chi connectivity index (χ2n) is 14.3. The standard InChI is InChI=1S/C36H45NO2SSi/c1-26-15-17-32(18-16-26)40(38,39)37-24-31(35-29-20-27-19-28(22-29)23-30(35)21-27)25-41(36(2,3)4,33-11-7-5-8-12-33)34-13-9-6-10-14-34/h5-18,24,27-31,35H,19-23,25H2,1-4H3/b37-24+. The van der Waals surface area contributed by atoms with Gasteiger partial charge in [0.25, 0.3) is 10.0 Å². The van der Waals surface area contributed by atoms with E-state index in [1.165, 1.54) is 42.5 Å². The molecule has 3 aromatic rings. The maximum Gasteiger partial charge on any atom is 0.281 e. The molecule has 41 heavy (non-hydrogen) atoms. The summed E-state index contributed by atoms with van der Waals surface area (Å²) in [6, 6.07) is 30.4. The Bertz CT molecular complexity index is 1410. The Morgan fingerprint density at radius 3 is 1.73 bits per heavy atom. The fourth-order valence-electron chi connectivity index (χ4n) is 9.26. The van der Waals surface area contributed by atoms with E-state index >= 15 is 0 Å². The molecule has 4 saturated carbocycles. The summed E-state index contributed by atoms with van der Waals surface area (Å²) in [6.07, 6.45) is 8.58. The quantitative estimate of drug-likeness (QED) is 0.204. The third-order valence-corrected chi connectivity index (χ3v) is 18.4. The van der Waals surface area contributed by atoms with Gasteiger partial charge in [-0.1, -0.05) is 110 Å². The van der Waals surface area contributed by atoms with Crippen molar-refractivity contribution in [2.45, 2.75) is 75.8 Å². The van der Waals surface area contributed by atoms with E-state index in [1.54, 1.807) is 12.1 Å². The number of rotatable bonds is 8. The minimum atomic E-state index is -3.77. The van der Waals surface area contributed by atoms with Gasteiger partial charge in [0.15, 0.2) is 0 Å². The van der Waals surface area contributed by atoms with E-state index < -0.39 is 18.1 Å². The average molecular weight is 584 g/mol. The van der Waals surface area contributed by atoms with Crippen LogP contribution < -0.4 is 10.4 Å². The summed E-state index contributed by atoms with van der Waals surface area (Å²) in [4.78, 5) is 0.286. The van der Waals surface area contributed by atoms with Crippen molar-refractivity contribution in [1.82, 2.24) is 0 Å². The molecule has 4 aliphatic rings. The zero-order valence-corrected chi connectivity index (χ0v) is 26.9. The molecular formula is C36H45NO2SSi. The first-order valence-corrected chi connectivity index (χ1v) is 19.2. The van der Waals surface area contributed by atoms with E-state index in [1.807, 2.05) is 25.3 Å². The molecule has 3 nitrogen and oxygen atoms in total. The summed E-state index contributed by atoms with van der Waals surface area (Å²) in [5.74, 6) is 3.73. The molecule has 4 fully saturated rings. The third-order valence-electron chi connectivity index (χ3n) is 10.9. The van der Waals surface area contributed by atoms with Gasteiger partial charge in [-0.25, -0.2) is 0 Å². The van der Waals surface area contributed by atoms with Crippen LogP contribution in [-0.4, -0.2) is 22.7 Å². The van der Waals surface area contributed by atoms with Crippen LogP contribution >= 0.6 is 0 Å².